The molecule has 20 heavy (non-hydrogen) atoms. The number of halogens is 1. The lowest BCUT2D eigenvalue weighted by atomic mass is 10.4. The van der Waals surface area contributed by atoms with Crippen molar-refractivity contribution < 1.29 is 0 Å². The molecule has 0 aliphatic carbocycles. The standard InChI is InChI=1S/C12H12BrN7/c1-7-6-8(2)20-12(14-7)15-9(17-20)4-5-10-16-11(13)18-19(10)3/h4-6H,1-3H3. The normalized spacial score (nSPS) is 11.8. The van der Waals surface area contributed by atoms with Gasteiger partial charge in [-0.25, -0.2) is 19.2 Å². The van der Waals surface area contributed by atoms with Gasteiger partial charge in [0.05, 0.1) is 0 Å². The Labute approximate surface area is 123 Å². The minimum Gasteiger partial charge on any atom is -0.248 e. The van der Waals surface area contributed by atoms with Gasteiger partial charge < -0.3 is 0 Å². The van der Waals surface area contributed by atoms with Crippen molar-refractivity contribution in [1.82, 2.24) is 34.3 Å². The third-order valence-electron chi connectivity index (χ3n) is 2.79. The van der Waals surface area contributed by atoms with Crippen LogP contribution in [-0.2, 0) is 7.05 Å². The van der Waals surface area contributed by atoms with Crippen LogP contribution < -0.4 is 0 Å². The van der Waals surface area contributed by atoms with Crippen LogP contribution in [0.25, 0.3) is 17.9 Å². The Kier molecular flexibility index (Phi) is 3.09. The zero-order valence-corrected chi connectivity index (χ0v) is 12.8. The lowest BCUT2D eigenvalue weighted by molar-refractivity contribution is 0.751. The smallest absolute Gasteiger partial charge is 0.248 e. The van der Waals surface area contributed by atoms with Gasteiger partial charge in [0.2, 0.25) is 4.73 Å². The number of aryl methyl sites for hydroxylation is 3. The molecule has 0 N–H and O–H groups in total. The molecular formula is C12H12BrN7. The van der Waals surface area contributed by atoms with Crippen molar-refractivity contribution in [3.05, 3.63) is 33.8 Å². The minimum atomic E-state index is 0.552. The molecule has 3 heterocycles. The predicted molar refractivity (Wildman–Crippen MR) is 77.9 cm³/mol. The summed E-state index contributed by atoms with van der Waals surface area (Å²) in [6.07, 6.45) is 3.61. The van der Waals surface area contributed by atoms with Gasteiger partial charge in [0.25, 0.3) is 5.78 Å². The molecular weight excluding hydrogens is 322 g/mol. The van der Waals surface area contributed by atoms with Gasteiger partial charge in [-0.15, -0.1) is 10.2 Å². The molecule has 0 radical (unpaired) electrons. The van der Waals surface area contributed by atoms with Gasteiger partial charge in [-0.05, 0) is 48.0 Å². The average Bonchev–Trinajstić information content (AvgIpc) is 2.90. The van der Waals surface area contributed by atoms with E-state index in [0.29, 0.717) is 16.3 Å². The Morgan fingerprint density at radius 3 is 2.60 bits per heavy atom. The van der Waals surface area contributed by atoms with E-state index in [0.717, 1.165) is 17.2 Å². The number of rotatable bonds is 2. The molecule has 0 aliphatic heterocycles. The van der Waals surface area contributed by atoms with E-state index in [1.165, 1.54) is 0 Å². The molecule has 0 saturated carbocycles. The van der Waals surface area contributed by atoms with E-state index in [1.807, 2.05) is 33.0 Å². The van der Waals surface area contributed by atoms with E-state index in [9.17, 15) is 0 Å². The highest BCUT2D eigenvalue weighted by atomic mass is 79.9. The summed E-state index contributed by atoms with van der Waals surface area (Å²) in [5.41, 5.74) is 1.93. The van der Waals surface area contributed by atoms with E-state index < -0.39 is 0 Å². The number of nitrogens with zero attached hydrogens (tertiary/aromatic N) is 7. The largest absolute Gasteiger partial charge is 0.253 e. The fraction of sp³-hybridized carbons (Fsp3) is 0.250. The first kappa shape index (κ1) is 12.9. The van der Waals surface area contributed by atoms with E-state index >= 15 is 0 Å². The van der Waals surface area contributed by atoms with Gasteiger partial charge >= 0.3 is 0 Å². The fourth-order valence-corrected chi connectivity index (χ4v) is 2.33. The summed E-state index contributed by atoms with van der Waals surface area (Å²) in [6.45, 7) is 3.91. The Hall–Kier alpha value is -2.09. The molecule has 3 rings (SSSR count). The number of hydrogen-bond acceptors (Lipinski definition) is 5. The van der Waals surface area contributed by atoms with E-state index in [2.05, 4.69) is 41.1 Å². The Morgan fingerprint density at radius 1 is 1.10 bits per heavy atom. The maximum absolute atomic E-state index is 4.39. The quantitative estimate of drug-likeness (QED) is 0.714. The highest BCUT2D eigenvalue weighted by Gasteiger charge is 2.06. The van der Waals surface area contributed by atoms with Crippen molar-refractivity contribution in [2.45, 2.75) is 13.8 Å². The molecule has 0 aromatic carbocycles. The maximum Gasteiger partial charge on any atom is 0.253 e. The van der Waals surface area contributed by atoms with E-state index in [4.69, 9.17) is 0 Å². The third-order valence-corrected chi connectivity index (χ3v) is 3.12. The van der Waals surface area contributed by atoms with Crippen LogP contribution >= 0.6 is 15.9 Å². The second-order valence-corrected chi connectivity index (χ2v) is 5.13. The number of hydrogen-bond donors (Lipinski definition) is 0. The minimum absolute atomic E-state index is 0.552. The van der Waals surface area contributed by atoms with E-state index in [1.54, 1.807) is 15.3 Å². The predicted octanol–water partition coefficient (Wildman–Crippen LogP) is 1.80. The van der Waals surface area contributed by atoms with Crippen LogP contribution in [0.4, 0.5) is 0 Å². The maximum atomic E-state index is 4.39. The molecule has 7 nitrogen and oxygen atoms in total. The first-order valence-electron chi connectivity index (χ1n) is 5.98. The molecule has 0 spiro atoms. The molecule has 0 fully saturated rings. The van der Waals surface area contributed by atoms with Crippen molar-refractivity contribution in [3.63, 3.8) is 0 Å². The highest BCUT2D eigenvalue weighted by molar-refractivity contribution is 9.10. The fourth-order valence-electron chi connectivity index (χ4n) is 1.91. The molecule has 0 aliphatic rings. The van der Waals surface area contributed by atoms with Gasteiger partial charge in [-0.3, -0.25) is 0 Å². The van der Waals surface area contributed by atoms with Crippen molar-refractivity contribution >= 4 is 33.9 Å². The Balaban J connectivity index is 1.99. The summed E-state index contributed by atoms with van der Waals surface area (Å²) in [6, 6.07) is 1.97. The summed E-state index contributed by atoms with van der Waals surface area (Å²) in [7, 11) is 1.82. The van der Waals surface area contributed by atoms with Crippen molar-refractivity contribution in [2.75, 3.05) is 0 Å². The summed E-state index contributed by atoms with van der Waals surface area (Å²) in [5, 5.41) is 8.50. The summed E-state index contributed by atoms with van der Waals surface area (Å²) in [5.74, 6) is 1.91. The molecule has 0 unspecified atom stereocenters. The average molecular weight is 334 g/mol. The van der Waals surface area contributed by atoms with Crippen molar-refractivity contribution in [2.24, 2.45) is 7.05 Å². The van der Waals surface area contributed by atoms with Gasteiger partial charge in [-0.1, -0.05) is 0 Å². The lowest BCUT2D eigenvalue weighted by Gasteiger charge is -1.97. The molecule has 0 saturated heterocycles. The molecule has 3 aromatic rings. The zero-order valence-electron chi connectivity index (χ0n) is 11.2. The van der Waals surface area contributed by atoms with Crippen molar-refractivity contribution in [1.29, 1.82) is 0 Å². The summed E-state index contributed by atoms with van der Waals surface area (Å²) < 4.78 is 3.94. The summed E-state index contributed by atoms with van der Waals surface area (Å²) in [4.78, 5) is 12.9. The van der Waals surface area contributed by atoms with Crippen LogP contribution in [0.5, 0.6) is 0 Å². The second-order valence-electron chi connectivity index (χ2n) is 4.42. The number of aromatic nitrogens is 7. The van der Waals surface area contributed by atoms with Gasteiger partial charge in [0.15, 0.2) is 11.6 Å². The molecule has 0 bridgehead atoms. The van der Waals surface area contributed by atoms with E-state index in [-0.39, 0.29) is 0 Å². The zero-order chi connectivity index (χ0) is 14.3. The topological polar surface area (TPSA) is 73.8 Å². The van der Waals surface area contributed by atoms with Crippen LogP contribution in [0.2, 0.25) is 0 Å². The molecule has 0 atom stereocenters. The molecule has 102 valence electrons. The molecule has 3 aromatic heterocycles. The van der Waals surface area contributed by atoms with Crippen LogP contribution in [0, 0.1) is 13.8 Å². The first-order chi connectivity index (χ1) is 9.52. The second kappa shape index (κ2) is 4.78. The molecule has 8 heteroatoms. The van der Waals surface area contributed by atoms with Gasteiger partial charge in [-0.2, -0.15) is 4.98 Å². The molecule has 0 amide bonds. The van der Waals surface area contributed by atoms with Gasteiger partial charge in [0.1, 0.15) is 0 Å². The lowest BCUT2D eigenvalue weighted by Crippen LogP contribution is -1.97. The Morgan fingerprint density at radius 2 is 1.90 bits per heavy atom. The number of fused-ring (bicyclic) bond motifs is 1. The van der Waals surface area contributed by atoms with Crippen LogP contribution in [0.3, 0.4) is 0 Å². The highest BCUT2D eigenvalue weighted by Crippen LogP contribution is 2.09. The van der Waals surface area contributed by atoms with Crippen LogP contribution in [0.1, 0.15) is 23.0 Å². The third kappa shape index (κ3) is 2.34. The van der Waals surface area contributed by atoms with Crippen LogP contribution in [0.15, 0.2) is 10.8 Å². The van der Waals surface area contributed by atoms with Gasteiger partial charge in [0, 0.05) is 18.4 Å². The van der Waals surface area contributed by atoms with Crippen LogP contribution in [-0.4, -0.2) is 34.3 Å². The monoisotopic (exact) mass is 333 g/mol. The SMILES string of the molecule is Cc1cc(C)n2nc(C=Cc3nc(Br)nn3C)nc2n1. The van der Waals surface area contributed by atoms with Crippen molar-refractivity contribution in [3.8, 4) is 0 Å². The Bertz CT molecular complexity index is 815. The summed E-state index contributed by atoms with van der Waals surface area (Å²) >= 11 is 3.23. The first-order valence-corrected chi connectivity index (χ1v) is 6.78.